The molecule has 0 aromatic heterocycles. The molecule has 0 aliphatic heterocycles. The second kappa shape index (κ2) is 6.99. The smallest absolute Gasteiger partial charge is 0.0685 e. The summed E-state index contributed by atoms with van der Waals surface area (Å²) >= 11 is 0. The van der Waals surface area contributed by atoms with Crippen LogP contribution in [0.1, 0.15) is 26.7 Å². The molecule has 0 bridgehead atoms. The van der Waals surface area contributed by atoms with E-state index in [-0.39, 0.29) is 6.10 Å². The molecule has 1 atom stereocenters. The minimum atomic E-state index is -0.281. The zero-order valence-electron chi connectivity index (χ0n) is 6.76. The highest BCUT2D eigenvalue weighted by atomic mass is 16.6. The van der Waals surface area contributed by atoms with E-state index in [1.54, 1.807) is 0 Å². The molecule has 0 saturated heterocycles. The van der Waals surface area contributed by atoms with Crippen LogP contribution < -0.4 is 5.48 Å². The van der Waals surface area contributed by atoms with Gasteiger partial charge in [-0.15, -0.1) is 0 Å². The first-order chi connectivity index (χ1) is 4.81. The van der Waals surface area contributed by atoms with E-state index in [4.69, 9.17) is 9.94 Å². The maximum absolute atomic E-state index is 9.01. The zero-order chi connectivity index (χ0) is 7.82. The van der Waals surface area contributed by atoms with Crippen LogP contribution in [0, 0.1) is 0 Å². The maximum Gasteiger partial charge on any atom is 0.0685 e. The molecule has 0 aromatic carbocycles. The van der Waals surface area contributed by atoms with Gasteiger partial charge in [0.2, 0.25) is 0 Å². The zero-order valence-corrected chi connectivity index (χ0v) is 6.76. The van der Waals surface area contributed by atoms with Gasteiger partial charge in [0.15, 0.2) is 0 Å². The van der Waals surface area contributed by atoms with E-state index >= 15 is 0 Å². The molecule has 62 valence electrons. The Balaban J connectivity index is 2.89. The Labute approximate surface area is 62.3 Å². The summed E-state index contributed by atoms with van der Waals surface area (Å²) in [6.45, 7) is 5.21. The summed E-state index contributed by atoms with van der Waals surface area (Å²) in [5, 5.41) is 9.01. The van der Waals surface area contributed by atoms with Crippen molar-refractivity contribution in [2.24, 2.45) is 0 Å². The van der Waals surface area contributed by atoms with Gasteiger partial charge in [0, 0.05) is 6.54 Å². The number of rotatable bonds is 6. The third-order valence-corrected chi connectivity index (χ3v) is 1.20. The summed E-state index contributed by atoms with van der Waals surface area (Å²) in [5.74, 6) is 0. The Kier molecular flexibility index (Phi) is 6.91. The van der Waals surface area contributed by atoms with Crippen LogP contribution in [-0.2, 0) is 4.84 Å². The molecule has 0 amide bonds. The molecule has 10 heavy (non-hydrogen) atoms. The average Bonchev–Trinajstić information content (AvgIpc) is 1.98. The van der Waals surface area contributed by atoms with Crippen LogP contribution in [0.25, 0.3) is 0 Å². The predicted octanol–water partition coefficient (Wildman–Crippen LogP) is 0.688. The predicted molar refractivity (Wildman–Crippen MR) is 40.5 cm³/mol. The fourth-order valence-electron chi connectivity index (χ4n) is 0.474. The van der Waals surface area contributed by atoms with Crippen molar-refractivity contribution in [1.82, 2.24) is 5.48 Å². The molecule has 2 N–H and O–H groups in total. The Bertz CT molecular complexity index is 68.6. The monoisotopic (exact) mass is 147 g/mol. The quantitative estimate of drug-likeness (QED) is 0.429. The van der Waals surface area contributed by atoms with E-state index in [0.29, 0.717) is 13.2 Å². The van der Waals surface area contributed by atoms with Gasteiger partial charge in [0.25, 0.3) is 0 Å². The second-order valence-corrected chi connectivity index (χ2v) is 2.26. The van der Waals surface area contributed by atoms with E-state index in [2.05, 4.69) is 5.48 Å². The van der Waals surface area contributed by atoms with Crippen molar-refractivity contribution in [2.45, 2.75) is 32.8 Å². The highest BCUT2D eigenvalue weighted by molar-refractivity contribution is 4.50. The van der Waals surface area contributed by atoms with Crippen molar-refractivity contribution in [1.29, 1.82) is 0 Å². The molecule has 0 radical (unpaired) electrons. The van der Waals surface area contributed by atoms with E-state index < -0.39 is 0 Å². The molecular weight excluding hydrogens is 130 g/mol. The van der Waals surface area contributed by atoms with Crippen LogP contribution in [-0.4, -0.2) is 24.4 Å². The second-order valence-electron chi connectivity index (χ2n) is 2.26. The molecule has 0 spiro atoms. The van der Waals surface area contributed by atoms with Crippen molar-refractivity contribution in [3.8, 4) is 0 Å². The van der Waals surface area contributed by atoms with Crippen LogP contribution in [0.2, 0.25) is 0 Å². The Hall–Kier alpha value is -0.120. The van der Waals surface area contributed by atoms with E-state index in [9.17, 15) is 0 Å². The minimum Gasteiger partial charge on any atom is -0.392 e. The Morgan fingerprint density at radius 2 is 2.20 bits per heavy atom. The van der Waals surface area contributed by atoms with Gasteiger partial charge in [-0.2, -0.15) is 5.48 Å². The van der Waals surface area contributed by atoms with Crippen molar-refractivity contribution in [2.75, 3.05) is 13.2 Å². The standard InChI is InChI=1S/C7H17NO2/c1-3-5-10-8-6-7(9)4-2/h7-9H,3-6H2,1-2H3/t7-/m0/s1. The highest BCUT2D eigenvalue weighted by Gasteiger charge is 1.97. The third-order valence-electron chi connectivity index (χ3n) is 1.20. The lowest BCUT2D eigenvalue weighted by atomic mass is 10.3. The van der Waals surface area contributed by atoms with Gasteiger partial charge in [-0.05, 0) is 12.8 Å². The number of aliphatic hydroxyl groups is 1. The SMILES string of the molecule is CCCONC[C@@H](O)CC. The number of nitrogens with one attached hydrogen (secondary N) is 1. The number of hydrogen-bond acceptors (Lipinski definition) is 3. The molecule has 3 nitrogen and oxygen atoms in total. The summed E-state index contributed by atoms with van der Waals surface area (Å²) in [5.41, 5.74) is 2.69. The summed E-state index contributed by atoms with van der Waals surface area (Å²) in [4.78, 5) is 4.95. The fraction of sp³-hybridized carbons (Fsp3) is 1.00. The van der Waals surface area contributed by atoms with Crippen LogP contribution in [0.4, 0.5) is 0 Å². The van der Waals surface area contributed by atoms with Gasteiger partial charge in [-0.1, -0.05) is 13.8 Å². The molecule has 3 heteroatoms. The molecule has 0 aromatic rings. The number of hydroxylamine groups is 1. The molecule has 0 rings (SSSR count). The molecule has 0 unspecified atom stereocenters. The topological polar surface area (TPSA) is 41.5 Å². The summed E-state index contributed by atoms with van der Waals surface area (Å²) in [6.07, 6.45) is 1.48. The lowest BCUT2D eigenvalue weighted by Crippen LogP contribution is -2.26. The molecule has 0 aliphatic carbocycles. The van der Waals surface area contributed by atoms with Gasteiger partial charge in [0.1, 0.15) is 0 Å². The lowest BCUT2D eigenvalue weighted by molar-refractivity contribution is 0.0137. The van der Waals surface area contributed by atoms with Crippen LogP contribution in [0.15, 0.2) is 0 Å². The lowest BCUT2D eigenvalue weighted by Gasteiger charge is -2.08. The highest BCUT2D eigenvalue weighted by Crippen LogP contribution is 1.86. The van der Waals surface area contributed by atoms with Gasteiger partial charge in [-0.25, -0.2) is 0 Å². The summed E-state index contributed by atoms with van der Waals surface area (Å²) in [7, 11) is 0. The van der Waals surface area contributed by atoms with Gasteiger partial charge >= 0.3 is 0 Å². The number of aliphatic hydroxyl groups excluding tert-OH is 1. The van der Waals surface area contributed by atoms with Crippen molar-refractivity contribution >= 4 is 0 Å². The first-order valence-corrected chi connectivity index (χ1v) is 3.84. The normalized spacial score (nSPS) is 13.5. The minimum absolute atomic E-state index is 0.281. The summed E-state index contributed by atoms with van der Waals surface area (Å²) in [6, 6.07) is 0. The summed E-state index contributed by atoms with van der Waals surface area (Å²) < 4.78 is 0. The average molecular weight is 147 g/mol. The van der Waals surface area contributed by atoms with Crippen molar-refractivity contribution in [3.05, 3.63) is 0 Å². The van der Waals surface area contributed by atoms with E-state index in [1.165, 1.54) is 0 Å². The van der Waals surface area contributed by atoms with Gasteiger partial charge in [-0.3, -0.25) is 0 Å². The van der Waals surface area contributed by atoms with E-state index in [1.807, 2.05) is 13.8 Å². The van der Waals surface area contributed by atoms with Crippen molar-refractivity contribution in [3.63, 3.8) is 0 Å². The van der Waals surface area contributed by atoms with Gasteiger partial charge < -0.3 is 9.94 Å². The van der Waals surface area contributed by atoms with Crippen LogP contribution >= 0.6 is 0 Å². The third kappa shape index (κ3) is 6.01. The Morgan fingerprint density at radius 3 is 2.70 bits per heavy atom. The number of hydrogen-bond donors (Lipinski definition) is 2. The molecule has 0 heterocycles. The maximum atomic E-state index is 9.01. The first kappa shape index (κ1) is 9.88. The molecule has 0 saturated carbocycles. The van der Waals surface area contributed by atoms with Crippen molar-refractivity contribution < 1.29 is 9.94 Å². The Morgan fingerprint density at radius 1 is 1.50 bits per heavy atom. The van der Waals surface area contributed by atoms with Crippen LogP contribution in [0.5, 0.6) is 0 Å². The first-order valence-electron chi connectivity index (χ1n) is 3.84. The van der Waals surface area contributed by atoms with Gasteiger partial charge in [0.05, 0.1) is 12.7 Å². The van der Waals surface area contributed by atoms with E-state index in [0.717, 1.165) is 12.8 Å². The largest absolute Gasteiger partial charge is 0.392 e. The molecular formula is C7H17NO2. The molecule has 0 aliphatic rings. The fourth-order valence-corrected chi connectivity index (χ4v) is 0.474. The van der Waals surface area contributed by atoms with Crippen LogP contribution in [0.3, 0.4) is 0 Å². The molecule has 0 fully saturated rings.